The molecule has 0 fully saturated rings. The molecule has 5 nitrogen and oxygen atoms in total. The Morgan fingerprint density at radius 2 is 2.08 bits per heavy atom. The first-order valence-corrected chi connectivity index (χ1v) is 8.82. The SMILES string of the molecule is CCOC(=O)C1(O)CN(c2cc(Cl)ccc2C)C(c2cccc(C)c2)=N1. The molecule has 0 radical (unpaired) electrons. The van der Waals surface area contributed by atoms with E-state index in [1.165, 1.54) is 0 Å². The van der Waals surface area contributed by atoms with Gasteiger partial charge >= 0.3 is 5.97 Å². The van der Waals surface area contributed by atoms with E-state index in [1.807, 2.05) is 49.1 Å². The van der Waals surface area contributed by atoms with Crippen LogP contribution in [0.4, 0.5) is 5.69 Å². The summed E-state index contributed by atoms with van der Waals surface area (Å²) >= 11 is 6.18. The van der Waals surface area contributed by atoms with Crippen LogP contribution in [0.3, 0.4) is 0 Å². The Morgan fingerprint density at radius 1 is 1.31 bits per heavy atom. The van der Waals surface area contributed by atoms with Gasteiger partial charge in [-0.25, -0.2) is 9.79 Å². The van der Waals surface area contributed by atoms with E-state index in [1.54, 1.807) is 19.1 Å². The van der Waals surface area contributed by atoms with E-state index in [0.29, 0.717) is 10.9 Å². The maximum Gasteiger partial charge on any atom is 0.363 e. The Hall–Kier alpha value is -2.37. The quantitative estimate of drug-likeness (QED) is 0.835. The zero-order chi connectivity index (χ0) is 18.9. The van der Waals surface area contributed by atoms with E-state index in [9.17, 15) is 9.90 Å². The van der Waals surface area contributed by atoms with Gasteiger partial charge in [0.25, 0.3) is 5.72 Å². The topological polar surface area (TPSA) is 62.1 Å². The fourth-order valence-corrected chi connectivity index (χ4v) is 3.17. The number of nitrogens with zero attached hydrogens (tertiary/aromatic N) is 2. The highest BCUT2D eigenvalue weighted by atomic mass is 35.5. The predicted molar refractivity (Wildman–Crippen MR) is 103 cm³/mol. The average Bonchev–Trinajstić information content (AvgIpc) is 2.96. The minimum Gasteiger partial charge on any atom is -0.462 e. The van der Waals surface area contributed by atoms with E-state index >= 15 is 0 Å². The summed E-state index contributed by atoms with van der Waals surface area (Å²) in [4.78, 5) is 18.5. The molecule has 1 unspecified atom stereocenters. The Morgan fingerprint density at radius 3 is 2.77 bits per heavy atom. The number of hydrogen-bond donors (Lipinski definition) is 1. The molecule has 1 N–H and O–H groups in total. The molecule has 0 aliphatic carbocycles. The van der Waals surface area contributed by atoms with Crippen LogP contribution in [0.5, 0.6) is 0 Å². The summed E-state index contributed by atoms with van der Waals surface area (Å²) in [6.07, 6.45) is 0. The maximum atomic E-state index is 12.3. The number of anilines is 1. The van der Waals surface area contributed by atoms with E-state index < -0.39 is 11.7 Å². The lowest BCUT2D eigenvalue weighted by Gasteiger charge is -2.25. The van der Waals surface area contributed by atoms with Crippen LogP contribution >= 0.6 is 11.6 Å². The van der Waals surface area contributed by atoms with Crippen molar-refractivity contribution in [2.45, 2.75) is 26.5 Å². The second-order valence-electron chi connectivity index (χ2n) is 6.36. The number of carbonyl (C=O) groups excluding carboxylic acids is 1. The van der Waals surface area contributed by atoms with Crippen molar-refractivity contribution in [2.75, 3.05) is 18.1 Å². The van der Waals surface area contributed by atoms with Gasteiger partial charge in [-0.1, -0.05) is 41.4 Å². The van der Waals surface area contributed by atoms with Gasteiger partial charge in [0, 0.05) is 16.3 Å². The van der Waals surface area contributed by atoms with Gasteiger partial charge in [-0.2, -0.15) is 0 Å². The predicted octanol–water partition coefficient (Wildman–Crippen LogP) is 3.48. The summed E-state index contributed by atoms with van der Waals surface area (Å²) in [6, 6.07) is 13.3. The number of β-amino-alcohol motifs (C(OH)–C–C–N with tert-alkyl or cyclic N) is 1. The van der Waals surface area contributed by atoms with E-state index in [4.69, 9.17) is 16.3 Å². The Kier molecular flexibility index (Phi) is 5.03. The molecule has 2 aromatic rings. The summed E-state index contributed by atoms with van der Waals surface area (Å²) in [7, 11) is 0. The second-order valence-corrected chi connectivity index (χ2v) is 6.80. The average molecular weight is 373 g/mol. The first-order chi connectivity index (χ1) is 12.3. The van der Waals surface area contributed by atoms with Gasteiger partial charge in [0.05, 0.1) is 13.2 Å². The Labute approximate surface area is 157 Å². The van der Waals surface area contributed by atoms with Crippen LogP contribution in [-0.2, 0) is 9.53 Å². The van der Waals surface area contributed by atoms with E-state index in [-0.39, 0.29) is 13.2 Å². The van der Waals surface area contributed by atoms with Crippen molar-refractivity contribution in [2.24, 2.45) is 4.99 Å². The largest absolute Gasteiger partial charge is 0.462 e. The summed E-state index contributed by atoms with van der Waals surface area (Å²) in [6.45, 7) is 5.76. The smallest absolute Gasteiger partial charge is 0.363 e. The summed E-state index contributed by atoms with van der Waals surface area (Å²) in [5.41, 5.74) is 1.66. The zero-order valence-corrected chi connectivity index (χ0v) is 15.7. The van der Waals surface area contributed by atoms with Crippen molar-refractivity contribution in [1.29, 1.82) is 0 Å². The molecule has 6 heteroatoms. The number of aliphatic imine (C=N–C) groups is 1. The van der Waals surface area contributed by atoms with Crippen LogP contribution in [0.25, 0.3) is 0 Å². The molecule has 0 saturated heterocycles. The number of esters is 1. The minimum absolute atomic E-state index is 0.0315. The summed E-state index contributed by atoms with van der Waals surface area (Å²) in [5, 5.41) is 11.4. The van der Waals surface area contributed by atoms with Gasteiger partial charge in [-0.15, -0.1) is 0 Å². The van der Waals surface area contributed by atoms with Crippen LogP contribution < -0.4 is 4.90 Å². The molecule has 136 valence electrons. The summed E-state index contributed by atoms with van der Waals surface area (Å²) in [5.74, 6) is -0.248. The number of benzene rings is 2. The zero-order valence-electron chi connectivity index (χ0n) is 15.0. The van der Waals surface area contributed by atoms with Crippen LogP contribution in [0.2, 0.25) is 5.02 Å². The monoisotopic (exact) mass is 372 g/mol. The number of ether oxygens (including phenoxy) is 1. The molecular formula is C20H21ClN2O3. The first kappa shape index (κ1) is 18.4. The van der Waals surface area contributed by atoms with Gasteiger partial charge in [0.1, 0.15) is 5.84 Å². The van der Waals surface area contributed by atoms with Crippen molar-refractivity contribution in [3.8, 4) is 0 Å². The third-order valence-electron chi connectivity index (χ3n) is 4.27. The van der Waals surface area contributed by atoms with Crippen molar-refractivity contribution in [3.05, 3.63) is 64.2 Å². The van der Waals surface area contributed by atoms with E-state index in [0.717, 1.165) is 22.4 Å². The minimum atomic E-state index is -1.95. The number of aliphatic hydroxyl groups is 1. The van der Waals surface area contributed by atoms with Gasteiger partial charge in [-0.3, -0.25) is 0 Å². The molecule has 0 aromatic heterocycles. The molecule has 1 heterocycles. The van der Waals surface area contributed by atoms with Gasteiger partial charge in [0.2, 0.25) is 0 Å². The molecule has 0 bridgehead atoms. The molecule has 1 aliphatic rings. The number of hydrogen-bond acceptors (Lipinski definition) is 5. The van der Waals surface area contributed by atoms with Crippen LogP contribution in [0.15, 0.2) is 47.5 Å². The fourth-order valence-electron chi connectivity index (χ4n) is 3.00. The summed E-state index contributed by atoms with van der Waals surface area (Å²) < 4.78 is 5.03. The van der Waals surface area contributed by atoms with Gasteiger partial charge in [-0.05, 0) is 44.5 Å². The maximum absolute atomic E-state index is 12.3. The molecule has 1 aliphatic heterocycles. The number of aryl methyl sites for hydroxylation is 2. The number of halogens is 1. The third kappa shape index (κ3) is 3.45. The van der Waals surface area contributed by atoms with Crippen molar-refractivity contribution in [1.82, 2.24) is 0 Å². The van der Waals surface area contributed by atoms with Crippen LogP contribution in [0.1, 0.15) is 23.6 Å². The lowest BCUT2D eigenvalue weighted by molar-refractivity contribution is -0.162. The highest BCUT2D eigenvalue weighted by molar-refractivity contribution is 6.31. The van der Waals surface area contributed by atoms with Crippen molar-refractivity contribution >= 4 is 29.1 Å². The molecule has 1 atom stereocenters. The van der Waals surface area contributed by atoms with Gasteiger partial charge in [0.15, 0.2) is 0 Å². The van der Waals surface area contributed by atoms with Crippen LogP contribution in [-0.4, -0.2) is 35.8 Å². The highest BCUT2D eigenvalue weighted by Crippen LogP contribution is 2.32. The lowest BCUT2D eigenvalue weighted by Crippen LogP contribution is -2.44. The Bertz CT molecular complexity index is 881. The molecule has 0 amide bonds. The lowest BCUT2D eigenvalue weighted by atomic mass is 10.1. The van der Waals surface area contributed by atoms with Gasteiger partial charge < -0.3 is 14.7 Å². The van der Waals surface area contributed by atoms with Crippen molar-refractivity contribution < 1.29 is 14.6 Å². The Balaban J connectivity index is 2.12. The molecule has 0 spiro atoms. The molecule has 3 rings (SSSR count). The molecular weight excluding hydrogens is 352 g/mol. The first-order valence-electron chi connectivity index (χ1n) is 8.44. The number of carbonyl (C=O) groups is 1. The standard InChI is InChI=1S/C20H21ClN2O3/c1-4-26-19(24)20(25)12-23(17-11-16(21)9-8-14(17)3)18(22-20)15-7-5-6-13(2)10-15/h5-11,25H,4,12H2,1-3H3. The fraction of sp³-hybridized carbons (Fsp3) is 0.300. The normalized spacial score (nSPS) is 19.4. The number of rotatable bonds is 4. The third-order valence-corrected chi connectivity index (χ3v) is 4.50. The number of amidine groups is 1. The molecule has 0 saturated carbocycles. The second kappa shape index (κ2) is 7.09. The molecule has 26 heavy (non-hydrogen) atoms. The van der Waals surface area contributed by atoms with E-state index in [2.05, 4.69) is 4.99 Å². The van der Waals surface area contributed by atoms with Crippen molar-refractivity contribution in [3.63, 3.8) is 0 Å². The molecule has 2 aromatic carbocycles. The van der Waals surface area contributed by atoms with Crippen LogP contribution in [0, 0.1) is 13.8 Å². The highest BCUT2D eigenvalue weighted by Gasteiger charge is 2.46.